The van der Waals surface area contributed by atoms with Crippen LogP contribution in [0.2, 0.25) is 0 Å². The molecule has 2 aromatic heterocycles. The number of benzene rings is 2. The maximum atomic E-state index is 14.8. The number of nitrogens with zero attached hydrogens (tertiary/aromatic N) is 3. The molecule has 3 aliphatic rings. The molecule has 0 saturated carbocycles. The number of aliphatic carboxylic acids is 1. The highest BCUT2D eigenvalue weighted by molar-refractivity contribution is 5.82. The van der Waals surface area contributed by atoms with Gasteiger partial charge in [-0.15, -0.1) is 0 Å². The molecule has 11 heteroatoms. The molecular weight excluding hydrogens is 687 g/mol. The van der Waals surface area contributed by atoms with Crippen LogP contribution in [0.1, 0.15) is 103 Å². The molecule has 3 N–H and O–H groups in total. The standard InChI is InChI=1S/C43H57FN4O6/c1-27-12-9-10-21-52-43(8)17-19-47(20-18-43)39-36(37(40(49)50)54-41(3,4)5)28(2)33(24-45-26-42(6,7)51)38-46-34(25-48(38)39)30-14-11-13-29(22-30)32-23-31(44)15-16-35(32)53-27/h11,13-16,22-23,25,27,37,45,51H,9-10,12,17-21,24,26H2,1-8H3,(H,49,50)/t27-,37+/m1/s1. The molecule has 0 radical (unpaired) electrons. The van der Waals surface area contributed by atoms with E-state index in [2.05, 4.69) is 17.1 Å². The lowest BCUT2D eigenvalue weighted by molar-refractivity contribution is -0.160. The van der Waals surface area contributed by atoms with Crippen LogP contribution >= 0.6 is 0 Å². The number of aliphatic hydroxyl groups is 1. The van der Waals surface area contributed by atoms with Crippen LogP contribution in [0.4, 0.5) is 10.2 Å². The number of pyridine rings is 1. The Morgan fingerprint density at radius 2 is 1.83 bits per heavy atom. The fourth-order valence-corrected chi connectivity index (χ4v) is 7.59. The normalized spacial score (nSPS) is 20.5. The highest BCUT2D eigenvalue weighted by Crippen LogP contribution is 2.42. The molecular formula is C43H57FN4O6. The van der Waals surface area contributed by atoms with Gasteiger partial charge in [0.05, 0.1) is 28.6 Å². The van der Waals surface area contributed by atoms with Gasteiger partial charge in [-0.2, -0.15) is 0 Å². The first-order valence-corrected chi connectivity index (χ1v) is 19.3. The van der Waals surface area contributed by atoms with Crippen molar-refractivity contribution in [1.29, 1.82) is 0 Å². The van der Waals surface area contributed by atoms with Gasteiger partial charge in [-0.1, -0.05) is 18.2 Å². The summed E-state index contributed by atoms with van der Waals surface area (Å²) >= 11 is 0. The largest absolute Gasteiger partial charge is 0.490 e. The quantitative estimate of drug-likeness (QED) is 0.172. The molecule has 0 spiro atoms. The Bertz CT molecular complexity index is 1970. The number of fused-ring (bicyclic) bond motifs is 8. The first-order valence-electron chi connectivity index (χ1n) is 19.3. The van der Waals surface area contributed by atoms with Crippen molar-refractivity contribution in [3.05, 3.63) is 71.2 Å². The van der Waals surface area contributed by atoms with Crippen LogP contribution in [-0.2, 0) is 20.8 Å². The number of hydrogen-bond acceptors (Lipinski definition) is 8. The number of hydrogen-bond donors (Lipinski definition) is 3. The van der Waals surface area contributed by atoms with Crippen LogP contribution in [0.5, 0.6) is 5.75 Å². The van der Waals surface area contributed by atoms with Gasteiger partial charge in [0, 0.05) is 61.2 Å². The molecule has 0 amide bonds. The van der Waals surface area contributed by atoms with Crippen LogP contribution in [0.3, 0.4) is 0 Å². The Morgan fingerprint density at radius 1 is 1.11 bits per heavy atom. The number of aromatic nitrogens is 2. The minimum Gasteiger partial charge on any atom is -0.490 e. The van der Waals surface area contributed by atoms with E-state index in [1.807, 2.05) is 69.5 Å². The molecule has 6 bridgehead atoms. The molecule has 1 saturated heterocycles. The minimum absolute atomic E-state index is 0.0727. The topological polar surface area (TPSA) is 118 Å². The lowest BCUT2D eigenvalue weighted by atomic mass is 9.91. The van der Waals surface area contributed by atoms with Crippen molar-refractivity contribution in [1.82, 2.24) is 14.7 Å². The summed E-state index contributed by atoms with van der Waals surface area (Å²) in [7, 11) is 0. The highest BCUT2D eigenvalue weighted by Gasteiger charge is 2.38. The Morgan fingerprint density at radius 3 is 2.52 bits per heavy atom. The van der Waals surface area contributed by atoms with E-state index in [1.165, 1.54) is 12.1 Å². The third kappa shape index (κ3) is 9.08. The number of halogens is 1. The predicted molar refractivity (Wildman–Crippen MR) is 210 cm³/mol. The summed E-state index contributed by atoms with van der Waals surface area (Å²) in [5.41, 5.74) is 3.71. The summed E-state index contributed by atoms with van der Waals surface area (Å²) in [6.07, 6.45) is 4.80. The van der Waals surface area contributed by atoms with E-state index in [1.54, 1.807) is 19.9 Å². The lowest BCUT2D eigenvalue weighted by Gasteiger charge is -2.42. The first-order chi connectivity index (χ1) is 25.4. The average molecular weight is 745 g/mol. The zero-order chi connectivity index (χ0) is 39.0. The number of nitrogens with one attached hydrogen (secondary N) is 1. The number of carboxylic acids is 1. The third-order valence-electron chi connectivity index (χ3n) is 10.4. The fraction of sp³-hybridized carbons (Fsp3) is 0.535. The summed E-state index contributed by atoms with van der Waals surface area (Å²) in [4.78, 5) is 20.7. The van der Waals surface area contributed by atoms with Gasteiger partial charge in [-0.05, 0) is 123 Å². The van der Waals surface area contributed by atoms with Gasteiger partial charge >= 0.3 is 5.97 Å². The van der Waals surface area contributed by atoms with E-state index in [-0.39, 0.29) is 17.5 Å². The van der Waals surface area contributed by atoms with Crippen molar-refractivity contribution in [2.75, 3.05) is 31.1 Å². The number of piperidine rings is 1. The number of carboxylic acid groups (broad SMARTS) is 1. The van der Waals surface area contributed by atoms with E-state index in [0.29, 0.717) is 61.0 Å². The van der Waals surface area contributed by atoms with E-state index in [4.69, 9.17) is 19.2 Å². The first kappa shape index (κ1) is 39.7. The number of anilines is 1. The molecule has 2 aromatic carbocycles. The van der Waals surface area contributed by atoms with Crippen LogP contribution in [0.15, 0.2) is 48.7 Å². The second-order valence-electron chi connectivity index (χ2n) is 17.0. The molecule has 292 valence electrons. The Balaban J connectivity index is 1.60. The molecule has 5 heterocycles. The highest BCUT2D eigenvalue weighted by atomic mass is 19.1. The summed E-state index contributed by atoms with van der Waals surface area (Å²) in [6, 6.07) is 12.5. The number of imidazole rings is 1. The molecule has 4 aromatic rings. The smallest absolute Gasteiger partial charge is 0.337 e. The summed E-state index contributed by atoms with van der Waals surface area (Å²) < 4.78 is 36.2. The fourth-order valence-electron chi connectivity index (χ4n) is 7.59. The summed E-state index contributed by atoms with van der Waals surface area (Å²) in [5, 5.41) is 24.8. The Labute approximate surface area is 318 Å². The third-order valence-corrected chi connectivity index (χ3v) is 10.4. The van der Waals surface area contributed by atoms with E-state index in [9.17, 15) is 19.4 Å². The second-order valence-corrected chi connectivity index (χ2v) is 17.0. The Kier molecular flexibility index (Phi) is 11.5. The molecule has 0 unspecified atom stereocenters. The van der Waals surface area contributed by atoms with Crippen LogP contribution < -0.4 is 15.0 Å². The molecule has 7 rings (SSSR count). The molecule has 10 nitrogen and oxygen atoms in total. The van der Waals surface area contributed by atoms with E-state index >= 15 is 0 Å². The van der Waals surface area contributed by atoms with Crippen molar-refractivity contribution >= 4 is 17.4 Å². The minimum atomic E-state index is -1.27. The zero-order valence-electron chi connectivity index (χ0n) is 33.1. The van der Waals surface area contributed by atoms with Gasteiger partial charge in [-0.25, -0.2) is 14.2 Å². The van der Waals surface area contributed by atoms with Gasteiger partial charge in [0.15, 0.2) is 6.10 Å². The molecule has 0 aliphatic carbocycles. The van der Waals surface area contributed by atoms with Crippen LogP contribution in [0.25, 0.3) is 28.0 Å². The molecule has 1 fully saturated rings. The SMILES string of the molecule is Cc1c([C@H](OC(C)(C)C)C(=O)O)c2n3cc(nc3c1CNCC(C)(C)O)-c1cccc(c1)-c1cc(F)ccc1O[C@H](C)CCCCOC1(C)CCN2CC1. The van der Waals surface area contributed by atoms with E-state index < -0.39 is 23.3 Å². The predicted octanol–water partition coefficient (Wildman–Crippen LogP) is 8.24. The summed E-state index contributed by atoms with van der Waals surface area (Å²) in [5.74, 6) is -0.0908. The van der Waals surface area contributed by atoms with E-state index in [0.717, 1.165) is 60.2 Å². The average Bonchev–Trinajstić information content (AvgIpc) is 3.53. The lowest BCUT2D eigenvalue weighted by Crippen LogP contribution is -2.46. The van der Waals surface area contributed by atoms with Crippen molar-refractivity contribution in [2.45, 2.75) is 123 Å². The van der Waals surface area contributed by atoms with Crippen LogP contribution in [0, 0.1) is 12.7 Å². The Hall–Kier alpha value is -4.03. The van der Waals surface area contributed by atoms with Gasteiger partial charge in [0.2, 0.25) is 0 Å². The van der Waals surface area contributed by atoms with Crippen molar-refractivity contribution in [3.8, 4) is 28.1 Å². The van der Waals surface area contributed by atoms with Gasteiger partial charge in [0.1, 0.15) is 23.0 Å². The number of ether oxygens (including phenoxy) is 3. The van der Waals surface area contributed by atoms with Crippen molar-refractivity contribution in [3.63, 3.8) is 0 Å². The van der Waals surface area contributed by atoms with Crippen LogP contribution in [-0.4, -0.2) is 74.7 Å². The molecule has 2 atom stereocenters. The maximum Gasteiger partial charge on any atom is 0.337 e. The van der Waals surface area contributed by atoms with Crippen molar-refractivity contribution < 1.29 is 33.6 Å². The van der Waals surface area contributed by atoms with Gasteiger partial charge < -0.3 is 34.6 Å². The van der Waals surface area contributed by atoms with Gasteiger partial charge in [0.25, 0.3) is 0 Å². The second kappa shape index (κ2) is 15.6. The monoisotopic (exact) mass is 744 g/mol. The molecule has 54 heavy (non-hydrogen) atoms. The zero-order valence-corrected chi connectivity index (χ0v) is 33.1. The van der Waals surface area contributed by atoms with Crippen molar-refractivity contribution in [2.24, 2.45) is 0 Å². The number of rotatable bonds is 7. The number of carbonyl (C=O) groups is 1. The maximum absolute atomic E-state index is 14.8. The van der Waals surface area contributed by atoms with Gasteiger partial charge in [-0.3, -0.25) is 4.40 Å². The molecule has 3 aliphatic heterocycles. The summed E-state index contributed by atoms with van der Waals surface area (Å²) in [6.45, 7) is 17.8.